The van der Waals surface area contributed by atoms with Crippen LogP contribution < -0.4 is 4.74 Å². The second-order valence-corrected chi connectivity index (χ2v) is 6.67. The first-order valence-electron chi connectivity index (χ1n) is 8.03. The van der Waals surface area contributed by atoms with Gasteiger partial charge in [0.15, 0.2) is 6.61 Å². The zero-order valence-electron chi connectivity index (χ0n) is 13.0. The summed E-state index contributed by atoms with van der Waals surface area (Å²) in [5, 5.41) is 0.666. The van der Waals surface area contributed by atoms with E-state index in [0.29, 0.717) is 16.8 Å². The summed E-state index contributed by atoms with van der Waals surface area (Å²) < 4.78 is 5.54. The highest BCUT2D eigenvalue weighted by Gasteiger charge is 2.33. The number of carbonyl (C=O) groups excluding carboxylic acids is 1. The number of amides is 1. The minimum atomic E-state index is 0.0636. The van der Waals surface area contributed by atoms with Crippen molar-refractivity contribution < 1.29 is 9.53 Å². The third-order valence-electron chi connectivity index (χ3n) is 4.72. The van der Waals surface area contributed by atoms with E-state index in [1.54, 1.807) is 24.3 Å². The molecule has 2 fully saturated rings. The van der Waals surface area contributed by atoms with Crippen LogP contribution in [-0.4, -0.2) is 54.5 Å². The molecule has 1 aromatic carbocycles. The van der Waals surface area contributed by atoms with Gasteiger partial charge in [-0.15, -0.1) is 0 Å². The largest absolute Gasteiger partial charge is 0.484 e. The van der Waals surface area contributed by atoms with Crippen LogP contribution in [0.2, 0.25) is 5.02 Å². The van der Waals surface area contributed by atoms with Gasteiger partial charge in [-0.3, -0.25) is 9.69 Å². The summed E-state index contributed by atoms with van der Waals surface area (Å²) >= 11 is 5.83. The van der Waals surface area contributed by atoms with Gasteiger partial charge in [0.05, 0.1) is 0 Å². The molecule has 1 saturated heterocycles. The van der Waals surface area contributed by atoms with E-state index < -0.39 is 0 Å². The van der Waals surface area contributed by atoms with Crippen molar-refractivity contribution in [1.82, 2.24) is 9.80 Å². The van der Waals surface area contributed by atoms with E-state index in [9.17, 15) is 4.79 Å². The van der Waals surface area contributed by atoms with Crippen LogP contribution in [0.15, 0.2) is 24.3 Å². The van der Waals surface area contributed by atoms with Gasteiger partial charge in [0.25, 0.3) is 5.91 Å². The van der Waals surface area contributed by atoms with E-state index >= 15 is 0 Å². The molecule has 5 heteroatoms. The van der Waals surface area contributed by atoms with Gasteiger partial charge in [-0.1, -0.05) is 11.6 Å². The average molecular weight is 323 g/mol. The van der Waals surface area contributed by atoms with Crippen LogP contribution in [0.1, 0.15) is 19.8 Å². The summed E-state index contributed by atoms with van der Waals surface area (Å²) in [6.45, 7) is 5.98. The van der Waals surface area contributed by atoms with Crippen molar-refractivity contribution in [2.24, 2.45) is 5.92 Å². The maximum Gasteiger partial charge on any atom is 0.260 e. The van der Waals surface area contributed by atoms with Crippen LogP contribution in [0, 0.1) is 5.92 Å². The van der Waals surface area contributed by atoms with Crippen LogP contribution >= 0.6 is 11.6 Å². The maximum absolute atomic E-state index is 12.2. The molecular formula is C17H23ClN2O2. The van der Waals surface area contributed by atoms with E-state index in [4.69, 9.17) is 16.3 Å². The molecule has 1 aliphatic heterocycles. The first-order chi connectivity index (χ1) is 10.6. The molecule has 0 radical (unpaired) electrons. The number of benzene rings is 1. The zero-order valence-corrected chi connectivity index (χ0v) is 13.8. The molecule has 1 saturated carbocycles. The second kappa shape index (κ2) is 6.88. The molecule has 1 aliphatic carbocycles. The van der Waals surface area contributed by atoms with Gasteiger partial charge in [-0.05, 0) is 49.9 Å². The molecule has 4 nitrogen and oxygen atoms in total. The highest BCUT2D eigenvalue weighted by atomic mass is 35.5. The molecule has 2 aliphatic rings. The van der Waals surface area contributed by atoms with Gasteiger partial charge in [-0.2, -0.15) is 0 Å². The third-order valence-corrected chi connectivity index (χ3v) is 4.98. The molecule has 0 bridgehead atoms. The topological polar surface area (TPSA) is 32.8 Å². The van der Waals surface area contributed by atoms with Crippen molar-refractivity contribution in [1.29, 1.82) is 0 Å². The number of halogens is 1. The third kappa shape index (κ3) is 3.93. The predicted octanol–water partition coefficient (Wildman–Crippen LogP) is 2.66. The summed E-state index contributed by atoms with van der Waals surface area (Å²) in [7, 11) is 0. The highest BCUT2D eigenvalue weighted by Crippen LogP contribution is 2.35. The van der Waals surface area contributed by atoms with Crippen LogP contribution in [-0.2, 0) is 4.79 Å². The Bertz CT molecular complexity index is 508. The van der Waals surface area contributed by atoms with Gasteiger partial charge in [0.2, 0.25) is 0 Å². The summed E-state index contributed by atoms with van der Waals surface area (Å²) in [6.07, 6.45) is 2.74. The van der Waals surface area contributed by atoms with Crippen molar-refractivity contribution in [2.45, 2.75) is 25.8 Å². The molecule has 0 spiro atoms. The lowest BCUT2D eigenvalue weighted by atomic mass is 10.1. The van der Waals surface area contributed by atoms with E-state index in [1.807, 2.05) is 4.90 Å². The van der Waals surface area contributed by atoms with Crippen LogP contribution in [0.25, 0.3) is 0 Å². The maximum atomic E-state index is 12.2. The molecule has 1 aromatic rings. The van der Waals surface area contributed by atoms with Crippen molar-refractivity contribution >= 4 is 17.5 Å². The lowest BCUT2D eigenvalue weighted by molar-refractivity contribution is -0.135. The van der Waals surface area contributed by atoms with Crippen molar-refractivity contribution in [3.63, 3.8) is 0 Å². The highest BCUT2D eigenvalue weighted by molar-refractivity contribution is 6.30. The number of piperazine rings is 1. The van der Waals surface area contributed by atoms with Gasteiger partial charge < -0.3 is 9.64 Å². The lowest BCUT2D eigenvalue weighted by Crippen LogP contribution is -2.52. The van der Waals surface area contributed by atoms with E-state index in [0.717, 1.165) is 32.1 Å². The molecule has 120 valence electrons. The molecule has 0 N–H and O–H groups in total. The Morgan fingerprint density at radius 1 is 1.23 bits per heavy atom. The zero-order chi connectivity index (χ0) is 15.5. The summed E-state index contributed by atoms with van der Waals surface area (Å²) in [4.78, 5) is 16.6. The minimum absolute atomic E-state index is 0.0636. The Morgan fingerprint density at radius 2 is 1.86 bits per heavy atom. The van der Waals surface area contributed by atoms with Crippen LogP contribution in [0.5, 0.6) is 5.75 Å². The molecule has 0 aromatic heterocycles. The smallest absolute Gasteiger partial charge is 0.260 e. The molecule has 1 amide bonds. The van der Waals surface area contributed by atoms with E-state index in [-0.39, 0.29) is 12.5 Å². The Labute approximate surface area is 137 Å². The molecule has 1 atom stereocenters. The molecule has 3 rings (SSSR count). The number of rotatable bonds is 5. The standard InChI is InChI=1S/C17H23ClN2O2/c1-13(14-2-3-14)19-8-10-20(11-9-19)17(21)12-22-16-6-4-15(18)5-7-16/h4-7,13-14H,2-3,8-12H2,1H3. The molecular weight excluding hydrogens is 300 g/mol. The Hall–Kier alpha value is -1.26. The normalized spacial score (nSPS) is 20.7. The van der Waals surface area contributed by atoms with Gasteiger partial charge in [0, 0.05) is 37.2 Å². The number of carbonyl (C=O) groups is 1. The first kappa shape index (κ1) is 15.6. The summed E-state index contributed by atoms with van der Waals surface area (Å²) in [6, 6.07) is 7.76. The van der Waals surface area contributed by atoms with E-state index in [2.05, 4.69) is 11.8 Å². The minimum Gasteiger partial charge on any atom is -0.484 e. The monoisotopic (exact) mass is 322 g/mol. The predicted molar refractivity (Wildman–Crippen MR) is 87.3 cm³/mol. The quantitative estimate of drug-likeness (QED) is 0.835. The van der Waals surface area contributed by atoms with Crippen LogP contribution in [0.3, 0.4) is 0 Å². The summed E-state index contributed by atoms with van der Waals surface area (Å²) in [5.41, 5.74) is 0. The Balaban J connectivity index is 1.42. The number of ether oxygens (including phenoxy) is 1. The lowest BCUT2D eigenvalue weighted by Gasteiger charge is -2.38. The number of hydrogen-bond donors (Lipinski definition) is 0. The SMILES string of the molecule is CC(C1CC1)N1CCN(C(=O)COc2ccc(Cl)cc2)CC1. The first-order valence-corrected chi connectivity index (χ1v) is 8.41. The Morgan fingerprint density at radius 3 is 2.45 bits per heavy atom. The number of hydrogen-bond acceptors (Lipinski definition) is 3. The van der Waals surface area contributed by atoms with E-state index in [1.165, 1.54) is 12.8 Å². The van der Waals surface area contributed by atoms with Crippen molar-refractivity contribution in [3.8, 4) is 5.75 Å². The molecule has 22 heavy (non-hydrogen) atoms. The van der Waals surface area contributed by atoms with Gasteiger partial charge in [-0.25, -0.2) is 0 Å². The Kier molecular flexibility index (Phi) is 4.89. The van der Waals surface area contributed by atoms with Crippen molar-refractivity contribution in [2.75, 3.05) is 32.8 Å². The summed E-state index contributed by atoms with van der Waals surface area (Å²) in [5.74, 6) is 1.63. The fraction of sp³-hybridized carbons (Fsp3) is 0.588. The fourth-order valence-corrected chi connectivity index (χ4v) is 3.15. The second-order valence-electron chi connectivity index (χ2n) is 6.24. The van der Waals surface area contributed by atoms with Crippen molar-refractivity contribution in [3.05, 3.63) is 29.3 Å². The fourth-order valence-electron chi connectivity index (χ4n) is 3.02. The average Bonchev–Trinajstić information content (AvgIpc) is 3.38. The molecule has 1 heterocycles. The number of nitrogens with zero attached hydrogens (tertiary/aromatic N) is 2. The van der Waals surface area contributed by atoms with Gasteiger partial charge in [0.1, 0.15) is 5.75 Å². The van der Waals surface area contributed by atoms with Gasteiger partial charge >= 0.3 is 0 Å². The molecule has 1 unspecified atom stereocenters. The van der Waals surface area contributed by atoms with Crippen LogP contribution in [0.4, 0.5) is 0 Å².